The maximum atomic E-state index is 4.22. The first-order valence-electron chi connectivity index (χ1n) is 6.29. The Labute approximate surface area is 106 Å². The van der Waals surface area contributed by atoms with E-state index in [1.54, 1.807) is 0 Å². The zero-order valence-electron chi connectivity index (χ0n) is 11.4. The number of hydrogen-bond donors (Lipinski definition) is 0. The molecule has 94 valence electrons. The Hall–Kier alpha value is -1.44. The van der Waals surface area contributed by atoms with Gasteiger partial charge in [-0.15, -0.1) is 0 Å². The van der Waals surface area contributed by atoms with Gasteiger partial charge in [-0.3, -0.25) is 0 Å². The van der Waals surface area contributed by atoms with E-state index < -0.39 is 0 Å². The lowest BCUT2D eigenvalue weighted by atomic mass is 10.1. The zero-order chi connectivity index (χ0) is 12.8. The molecule has 2 heteroatoms. The highest BCUT2D eigenvalue weighted by Crippen LogP contribution is 2.26. The van der Waals surface area contributed by atoms with Crippen molar-refractivity contribution in [3.63, 3.8) is 0 Å². The van der Waals surface area contributed by atoms with Crippen molar-refractivity contribution in [1.82, 2.24) is 9.80 Å². The van der Waals surface area contributed by atoms with E-state index in [-0.39, 0.29) is 0 Å². The van der Waals surface area contributed by atoms with Gasteiger partial charge in [0.15, 0.2) is 0 Å². The molecule has 1 aliphatic rings. The van der Waals surface area contributed by atoms with Gasteiger partial charge in [-0.1, -0.05) is 32.2 Å². The Morgan fingerprint density at radius 1 is 1.59 bits per heavy atom. The molecule has 0 aromatic heterocycles. The maximum Gasteiger partial charge on any atom is 0.0569 e. The lowest BCUT2D eigenvalue weighted by Gasteiger charge is -2.36. The third-order valence-electron chi connectivity index (χ3n) is 3.07. The van der Waals surface area contributed by atoms with Crippen LogP contribution in [-0.4, -0.2) is 29.9 Å². The molecule has 0 fully saturated rings. The van der Waals surface area contributed by atoms with Crippen molar-refractivity contribution < 1.29 is 0 Å². The second kappa shape index (κ2) is 6.33. The highest BCUT2D eigenvalue weighted by molar-refractivity contribution is 5.32. The molecule has 0 radical (unpaired) electrons. The van der Waals surface area contributed by atoms with E-state index >= 15 is 0 Å². The molecule has 1 aliphatic heterocycles. The highest BCUT2D eigenvalue weighted by Gasteiger charge is 2.19. The minimum absolute atomic E-state index is 1.01. The van der Waals surface area contributed by atoms with E-state index in [9.17, 15) is 0 Å². The van der Waals surface area contributed by atoms with Gasteiger partial charge >= 0.3 is 0 Å². The van der Waals surface area contributed by atoms with Gasteiger partial charge in [-0.2, -0.15) is 0 Å². The fourth-order valence-electron chi connectivity index (χ4n) is 2.20. The number of hydrogen-bond acceptors (Lipinski definition) is 2. The van der Waals surface area contributed by atoms with Crippen molar-refractivity contribution in [1.29, 1.82) is 0 Å². The summed E-state index contributed by atoms with van der Waals surface area (Å²) < 4.78 is 0. The molecule has 0 aromatic rings. The van der Waals surface area contributed by atoms with Crippen LogP contribution in [0, 0.1) is 0 Å². The van der Waals surface area contributed by atoms with Crippen molar-refractivity contribution in [2.45, 2.75) is 26.7 Å². The molecule has 0 aliphatic carbocycles. The molecule has 0 saturated heterocycles. The molecule has 0 aromatic carbocycles. The normalized spacial score (nSPS) is 16.9. The van der Waals surface area contributed by atoms with E-state index in [4.69, 9.17) is 0 Å². The Balaban J connectivity index is 2.84. The van der Waals surface area contributed by atoms with Crippen molar-refractivity contribution in [3.8, 4) is 0 Å². The second-order valence-electron chi connectivity index (χ2n) is 4.44. The van der Waals surface area contributed by atoms with Crippen molar-refractivity contribution >= 4 is 0 Å². The molecule has 2 nitrogen and oxygen atoms in total. The molecule has 1 rings (SSSR count). The lowest BCUT2D eigenvalue weighted by molar-refractivity contribution is 0.351. The average Bonchev–Trinajstić information content (AvgIpc) is 2.29. The Morgan fingerprint density at radius 3 is 2.88 bits per heavy atom. The van der Waals surface area contributed by atoms with Crippen LogP contribution in [0.2, 0.25) is 0 Å². The summed E-state index contributed by atoms with van der Waals surface area (Å²) in [5.74, 6) is 0. The summed E-state index contributed by atoms with van der Waals surface area (Å²) in [6.07, 6.45) is 8.38. The molecule has 0 bridgehead atoms. The number of allylic oxidation sites excluding steroid dienone is 3. The van der Waals surface area contributed by atoms with Crippen LogP contribution in [0.25, 0.3) is 0 Å². The minimum Gasteiger partial charge on any atom is -0.373 e. The molecule has 0 atom stereocenters. The monoisotopic (exact) mass is 232 g/mol. The molecule has 0 spiro atoms. The summed E-state index contributed by atoms with van der Waals surface area (Å²) in [5, 5.41) is 0. The molecule has 17 heavy (non-hydrogen) atoms. The van der Waals surface area contributed by atoms with Gasteiger partial charge in [0, 0.05) is 25.8 Å². The van der Waals surface area contributed by atoms with Crippen LogP contribution in [0.15, 0.2) is 48.5 Å². The quantitative estimate of drug-likeness (QED) is 0.669. The fourth-order valence-corrected chi connectivity index (χ4v) is 2.20. The van der Waals surface area contributed by atoms with Gasteiger partial charge in [-0.05, 0) is 25.8 Å². The van der Waals surface area contributed by atoms with Crippen LogP contribution in [0.1, 0.15) is 26.7 Å². The molecule has 1 heterocycles. The standard InChI is InChI=1S/C15H24N2/c1-6-9-13(3)17-12-8-10-15(14(17)4)16(5)11-7-2/h6,9-10H,1,4,7-8,11-12H2,2-3,5H3/b13-9+. The van der Waals surface area contributed by atoms with Gasteiger partial charge in [0.2, 0.25) is 0 Å². The minimum atomic E-state index is 1.01. The van der Waals surface area contributed by atoms with Crippen LogP contribution >= 0.6 is 0 Å². The first-order valence-corrected chi connectivity index (χ1v) is 6.29. The van der Waals surface area contributed by atoms with E-state index in [0.717, 1.165) is 31.6 Å². The third kappa shape index (κ3) is 3.26. The van der Waals surface area contributed by atoms with Crippen LogP contribution in [0.3, 0.4) is 0 Å². The summed E-state index contributed by atoms with van der Waals surface area (Å²) >= 11 is 0. The molecule has 0 N–H and O–H groups in total. The van der Waals surface area contributed by atoms with Gasteiger partial charge in [0.25, 0.3) is 0 Å². The van der Waals surface area contributed by atoms with Crippen LogP contribution < -0.4 is 0 Å². The van der Waals surface area contributed by atoms with Crippen LogP contribution in [0.4, 0.5) is 0 Å². The molecule has 0 amide bonds. The molecular formula is C15H24N2. The van der Waals surface area contributed by atoms with E-state index in [1.165, 1.54) is 11.4 Å². The Morgan fingerprint density at radius 2 is 2.29 bits per heavy atom. The van der Waals surface area contributed by atoms with Crippen molar-refractivity contribution in [2.75, 3.05) is 20.1 Å². The maximum absolute atomic E-state index is 4.22. The number of nitrogens with zero attached hydrogens (tertiary/aromatic N) is 2. The largest absolute Gasteiger partial charge is 0.373 e. The average molecular weight is 232 g/mol. The predicted molar refractivity (Wildman–Crippen MR) is 75.4 cm³/mol. The van der Waals surface area contributed by atoms with Gasteiger partial charge in [0.05, 0.1) is 11.4 Å². The Bertz CT molecular complexity index is 350. The summed E-state index contributed by atoms with van der Waals surface area (Å²) in [5.41, 5.74) is 3.57. The predicted octanol–water partition coefficient (Wildman–Crippen LogP) is 3.52. The molecular weight excluding hydrogens is 208 g/mol. The van der Waals surface area contributed by atoms with Gasteiger partial charge in [-0.25, -0.2) is 0 Å². The van der Waals surface area contributed by atoms with Crippen molar-refractivity contribution in [3.05, 3.63) is 48.5 Å². The number of likely N-dealkylation sites (N-methyl/N-ethyl adjacent to an activating group) is 1. The van der Waals surface area contributed by atoms with Gasteiger partial charge in [0.1, 0.15) is 0 Å². The zero-order valence-corrected chi connectivity index (χ0v) is 11.4. The lowest BCUT2D eigenvalue weighted by Crippen LogP contribution is -2.32. The summed E-state index contributed by atoms with van der Waals surface area (Å²) in [6.45, 7) is 14.4. The topological polar surface area (TPSA) is 6.48 Å². The summed E-state index contributed by atoms with van der Waals surface area (Å²) in [7, 11) is 2.14. The first kappa shape index (κ1) is 13.6. The smallest absolute Gasteiger partial charge is 0.0569 e. The second-order valence-corrected chi connectivity index (χ2v) is 4.44. The molecule has 0 saturated carbocycles. The first-order chi connectivity index (χ1) is 8.11. The van der Waals surface area contributed by atoms with Crippen LogP contribution in [0.5, 0.6) is 0 Å². The Kier molecular flexibility index (Phi) is 5.08. The van der Waals surface area contributed by atoms with E-state index in [0.29, 0.717) is 0 Å². The van der Waals surface area contributed by atoms with E-state index in [1.807, 2.05) is 12.2 Å². The van der Waals surface area contributed by atoms with Gasteiger partial charge < -0.3 is 9.80 Å². The third-order valence-corrected chi connectivity index (χ3v) is 3.07. The number of rotatable bonds is 5. The van der Waals surface area contributed by atoms with E-state index in [2.05, 4.69) is 49.9 Å². The highest BCUT2D eigenvalue weighted by atomic mass is 15.2. The van der Waals surface area contributed by atoms with Crippen molar-refractivity contribution in [2.24, 2.45) is 0 Å². The van der Waals surface area contributed by atoms with Crippen LogP contribution in [-0.2, 0) is 0 Å². The fraction of sp³-hybridized carbons (Fsp3) is 0.467. The summed E-state index contributed by atoms with van der Waals surface area (Å²) in [4.78, 5) is 4.55. The SMILES string of the molecule is C=C/C=C(\C)N1CCC=C(N(C)CCC)C1=C. The molecule has 0 unspecified atom stereocenters. The summed E-state index contributed by atoms with van der Waals surface area (Å²) in [6, 6.07) is 0.